The fourth-order valence-corrected chi connectivity index (χ4v) is 1.90. The van der Waals surface area contributed by atoms with Crippen LogP contribution in [-0.2, 0) is 16.2 Å². The van der Waals surface area contributed by atoms with Gasteiger partial charge in [0.05, 0.1) is 6.61 Å². The summed E-state index contributed by atoms with van der Waals surface area (Å²) in [5.41, 5.74) is 0.396. The minimum absolute atomic E-state index is 0.301. The number of halogens is 1. The number of rotatable bonds is 5. The molecule has 1 heterocycles. The minimum atomic E-state index is -0.394. The number of aromatic nitrogens is 2. The Labute approximate surface area is 103 Å². The fraction of sp³-hybridized carbons (Fsp3) is 0.600. The van der Waals surface area contributed by atoms with Crippen molar-refractivity contribution in [3.63, 3.8) is 0 Å². The molecule has 5 nitrogen and oxygen atoms in total. The number of hydrogen-bond donors (Lipinski definition) is 0. The van der Waals surface area contributed by atoms with Crippen LogP contribution < -0.4 is 0 Å². The van der Waals surface area contributed by atoms with Gasteiger partial charge in [-0.25, -0.2) is 9.78 Å². The molecule has 0 aliphatic carbocycles. The Morgan fingerprint density at radius 2 is 2.12 bits per heavy atom. The summed E-state index contributed by atoms with van der Waals surface area (Å²) in [6, 6.07) is 0. The second-order valence-corrected chi connectivity index (χ2v) is 3.82. The molecule has 0 aliphatic heterocycles. The molecule has 0 aromatic carbocycles. The zero-order chi connectivity index (χ0) is 12.1. The van der Waals surface area contributed by atoms with E-state index < -0.39 is 5.97 Å². The first kappa shape index (κ1) is 13.2. The highest BCUT2D eigenvalue weighted by Gasteiger charge is 2.20. The van der Waals surface area contributed by atoms with Gasteiger partial charge >= 0.3 is 5.97 Å². The molecule has 0 unspecified atom stereocenters. The predicted molar refractivity (Wildman–Crippen MR) is 62.2 cm³/mol. The third-order valence-corrected chi connectivity index (χ3v) is 2.56. The Morgan fingerprint density at radius 1 is 1.44 bits per heavy atom. The molecule has 0 radical (unpaired) electrons. The van der Waals surface area contributed by atoms with E-state index in [1.165, 1.54) is 0 Å². The number of carbonyl (C=O) groups is 1. The molecule has 0 atom stereocenters. The van der Waals surface area contributed by atoms with Crippen molar-refractivity contribution >= 4 is 21.9 Å². The number of nitrogens with zero attached hydrogens (tertiary/aromatic N) is 2. The third kappa shape index (κ3) is 2.82. The van der Waals surface area contributed by atoms with E-state index in [4.69, 9.17) is 9.47 Å². The van der Waals surface area contributed by atoms with Crippen molar-refractivity contribution in [1.29, 1.82) is 0 Å². The van der Waals surface area contributed by atoms with E-state index >= 15 is 0 Å². The highest BCUT2D eigenvalue weighted by atomic mass is 79.9. The van der Waals surface area contributed by atoms with Gasteiger partial charge < -0.3 is 9.47 Å². The van der Waals surface area contributed by atoms with Crippen LogP contribution in [-0.4, -0.2) is 28.7 Å². The third-order valence-electron chi connectivity index (χ3n) is 2.01. The lowest BCUT2D eigenvalue weighted by atomic mass is 10.5. The lowest BCUT2D eigenvalue weighted by Crippen LogP contribution is -2.15. The van der Waals surface area contributed by atoms with E-state index in [0.29, 0.717) is 36.1 Å². The van der Waals surface area contributed by atoms with E-state index in [0.717, 1.165) is 0 Å². The first-order valence-electron chi connectivity index (χ1n) is 5.09. The van der Waals surface area contributed by atoms with Gasteiger partial charge in [-0.15, -0.1) is 0 Å². The van der Waals surface area contributed by atoms with E-state index in [1.807, 2.05) is 13.8 Å². The monoisotopic (exact) mass is 290 g/mol. The predicted octanol–water partition coefficient (Wildman–Crippen LogP) is 2.12. The molecule has 16 heavy (non-hydrogen) atoms. The molecule has 0 aliphatic rings. The van der Waals surface area contributed by atoms with Crippen molar-refractivity contribution in [2.45, 2.75) is 27.5 Å². The van der Waals surface area contributed by atoms with Gasteiger partial charge in [0.2, 0.25) is 0 Å². The molecule has 0 N–H and O–H groups in total. The van der Waals surface area contributed by atoms with Crippen molar-refractivity contribution in [1.82, 2.24) is 9.55 Å². The van der Waals surface area contributed by atoms with Crippen molar-refractivity contribution in [3.05, 3.63) is 16.1 Å². The Balaban J connectivity index is 3.00. The molecule has 1 aromatic rings. The summed E-state index contributed by atoms with van der Waals surface area (Å²) in [6.45, 7) is 6.69. The first-order chi connectivity index (χ1) is 7.61. The zero-order valence-corrected chi connectivity index (χ0v) is 11.2. The fourth-order valence-electron chi connectivity index (χ4n) is 1.26. The van der Waals surface area contributed by atoms with Crippen LogP contribution in [0, 0.1) is 6.92 Å². The SMILES string of the molecule is CCOCn1c(C)nc(Br)c1C(=O)OCC. The maximum Gasteiger partial charge on any atom is 0.357 e. The smallest absolute Gasteiger partial charge is 0.357 e. The second-order valence-electron chi connectivity index (χ2n) is 3.07. The van der Waals surface area contributed by atoms with Crippen LogP contribution in [0.4, 0.5) is 0 Å². The van der Waals surface area contributed by atoms with E-state index in [-0.39, 0.29) is 0 Å². The Kier molecular flexibility index (Phi) is 4.95. The van der Waals surface area contributed by atoms with Gasteiger partial charge in [-0.2, -0.15) is 0 Å². The average molecular weight is 291 g/mol. The van der Waals surface area contributed by atoms with Crippen LogP contribution in [0.2, 0.25) is 0 Å². The molecule has 0 saturated carbocycles. The topological polar surface area (TPSA) is 53.4 Å². The van der Waals surface area contributed by atoms with Gasteiger partial charge in [-0.3, -0.25) is 4.57 Å². The molecule has 1 rings (SSSR count). The Hall–Kier alpha value is -0.880. The summed E-state index contributed by atoms with van der Waals surface area (Å²) in [6.07, 6.45) is 0. The molecule has 0 fully saturated rings. The summed E-state index contributed by atoms with van der Waals surface area (Å²) >= 11 is 3.24. The molecule has 90 valence electrons. The number of imidazole rings is 1. The lowest BCUT2D eigenvalue weighted by molar-refractivity contribution is 0.0470. The van der Waals surface area contributed by atoms with Gasteiger partial charge in [0.15, 0.2) is 5.69 Å². The van der Waals surface area contributed by atoms with Gasteiger partial charge in [0.25, 0.3) is 0 Å². The molecule has 0 saturated heterocycles. The van der Waals surface area contributed by atoms with Crippen LogP contribution in [0.1, 0.15) is 30.2 Å². The molecule has 1 aromatic heterocycles. The zero-order valence-electron chi connectivity index (χ0n) is 9.62. The van der Waals surface area contributed by atoms with Crippen LogP contribution in [0.5, 0.6) is 0 Å². The molecule has 0 bridgehead atoms. The number of ether oxygens (including phenoxy) is 2. The summed E-state index contributed by atoms with van der Waals surface area (Å²) in [5.74, 6) is 0.318. The van der Waals surface area contributed by atoms with Crippen LogP contribution >= 0.6 is 15.9 Å². The van der Waals surface area contributed by atoms with Crippen molar-refractivity contribution in [3.8, 4) is 0 Å². The highest BCUT2D eigenvalue weighted by Crippen LogP contribution is 2.19. The Morgan fingerprint density at radius 3 is 2.69 bits per heavy atom. The van der Waals surface area contributed by atoms with Crippen molar-refractivity contribution < 1.29 is 14.3 Å². The van der Waals surface area contributed by atoms with Crippen LogP contribution in [0.25, 0.3) is 0 Å². The average Bonchev–Trinajstić information content (AvgIpc) is 2.50. The second kappa shape index (κ2) is 6.00. The molecule has 0 spiro atoms. The minimum Gasteiger partial charge on any atom is -0.461 e. The standard InChI is InChI=1S/C10H15BrN2O3/c1-4-15-6-13-7(3)12-9(11)8(13)10(14)16-5-2/h4-6H2,1-3H3. The van der Waals surface area contributed by atoms with Crippen LogP contribution in [0.3, 0.4) is 0 Å². The molecular weight excluding hydrogens is 276 g/mol. The van der Waals surface area contributed by atoms with Crippen LogP contribution in [0.15, 0.2) is 4.60 Å². The highest BCUT2D eigenvalue weighted by molar-refractivity contribution is 9.10. The molecule has 6 heteroatoms. The maximum absolute atomic E-state index is 11.7. The lowest BCUT2D eigenvalue weighted by Gasteiger charge is -2.09. The van der Waals surface area contributed by atoms with E-state index in [1.54, 1.807) is 11.5 Å². The van der Waals surface area contributed by atoms with Gasteiger partial charge in [-0.05, 0) is 36.7 Å². The van der Waals surface area contributed by atoms with Crippen molar-refractivity contribution in [2.24, 2.45) is 0 Å². The number of aryl methyl sites for hydroxylation is 1. The summed E-state index contributed by atoms with van der Waals surface area (Å²) < 4.78 is 12.4. The first-order valence-corrected chi connectivity index (χ1v) is 5.88. The van der Waals surface area contributed by atoms with Gasteiger partial charge in [0.1, 0.15) is 17.2 Å². The summed E-state index contributed by atoms with van der Waals surface area (Å²) in [4.78, 5) is 15.9. The maximum atomic E-state index is 11.7. The largest absolute Gasteiger partial charge is 0.461 e. The van der Waals surface area contributed by atoms with E-state index in [9.17, 15) is 4.79 Å². The van der Waals surface area contributed by atoms with Gasteiger partial charge in [0, 0.05) is 6.61 Å². The van der Waals surface area contributed by atoms with Gasteiger partial charge in [-0.1, -0.05) is 0 Å². The quantitative estimate of drug-likeness (QED) is 0.780. The summed E-state index contributed by atoms with van der Waals surface area (Å²) in [5, 5.41) is 0. The molecular formula is C10H15BrN2O3. The normalized spacial score (nSPS) is 10.5. The molecule has 0 amide bonds. The summed E-state index contributed by atoms with van der Waals surface area (Å²) in [7, 11) is 0. The van der Waals surface area contributed by atoms with Crippen molar-refractivity contribution in [2.75, 3.05) is 13.2 Å². The number of hydrogen-bond acceptors (Lipinski definition) is 4. The number of carbonyl (C=O) groups excluding carboxylic acids is 1. The number of esters is 1. The Bertz CT molecular complexity index is 376. The van der Waals surface area contributed by atoms with E-state index in [2.05, 4.69) is 20.9 Å².